The maximum absolute atomic E-state index is 11.6. The zero-order chi connectivity index (χ0) is 8.18. The Balaban J connectivity index is 1.92. The van der Waals surface area contributed by atoms with Crippen molar-refractivity contribution >= 4 is 5.78 Å². The van der Waals surface area contributed by atoms with E-state index in [1.807, 2.05) is 0 Å². The van der Waals surface area contributed by atoms with Crippen LogP contribution in [0.2, 0.25) is 0 Å². The van der Waals surface area contributed by atoms with E-state index in [2.05, 4.69) is 0 Å². The molecule has 1 nitrogen and oxygen atoms in total. The highest BCUT2D eigenvalue weighted by Crippen LogP contribution is 2.65. The van der Waals surface area contributed by atoms with Gasteiger partial charge in [-0.3, -0.25) is 4.79 Å². The molecule has 3 rings (SSSR count). The first-order valence-electron chi connectivity index (χ1n) is 5.36. The molecule has 3 saturated carbocycles. The number of carbonyl (C=O) groups is 1. The van der Waals surface area contributed by atoms with Gasteiger partial charge >= 0.3 is 0 Å². The molecule has 0 bridgehead atoms. The summed E-state index contributed by atoms with van der Waals surface area (Å²) in [5.74, 6) is 2.06. The standard InChI is InChI=1S/C11H16O/c12-10-4-2-6-11-5-1-3-8(11)7-9(10)11/h8-9H,1-7H2/t8-,9-,11+/m1/s1. The summed E-state index contributed by atoms with van der Waals surface area (Å²) in [7, 11) is 0. The first-order valence-corrected chi connectivity index (χ1v) is 5.36. The monoisotopic (exact) mass is 164 g/mol. The van der Waals surface area contributed by atoms with Crippen LogP contribution < -0.4 is 0 Å². The van der Waals surface area contributed by atoms with Crippen molar-refractivity contribution < 1.29 is 4.79 Å². The third-order valence-corrected chi connectivity index (χ3v) is 4.68. The van der Waals surface area contributed by atoms with Gasteiger partial charge in [-0.1, -0.05) is 6.42 Å². The SMILES string of the molecule is O=C1CCC[C@@]23CCC[C@@H]2C[C@H]13. The second-order valence-electron chi connectivity index (χ2n) is 4.93. The van der Waals surface area contributed by atoms with Gasteiger partial charge in [0.1, 0.15) is 5.78 Å². The van der Waals surface area contributed by atoms with Gasteiger partial charge < -0.3 is 0 Å². The summed E-state index contributed by atoms with van der Waals surface area (Å²) < 4.78 is 0. The van der Waals surface area contributed by atoms with Gasteiger partial charge in [-0.25, -0.2) is 0 Å². The molecule has 0 aromatic rings. The molecule has 66 valence electrons. The molecule has 3 aliphatic carbocycles. The van der Waals surface area contributed by atoms with E-state index in [1.165, 1.54) is 38.5 Å². The molecule has 1 spiro atoms. The molecule has 0 saturated heterocycles. The summed E-state index contributed by atoms with van der Waals surface area (Å²) >= 11 is 0. The molecule has 1 heteroatoms. The maximum Gasteiger partial charge on any atom is 0.136 e. The highest BCUT2D eigenvalue weighted by molar-refractivity contribution is 5.84. The molecule has 0 N–H and O–H groups in total. The third-order valence-electron chi connectivity index (χ3n) is 4.68. The van der Waals surface area contributed by atoms with Gasteiger partial charge in [-0.05, 0) is 43.4 Å². The van der Waals surface area contributed by atoms with Crippen molar-refractivity contribution in [3.05, 3.63) is 0 Å². The van der Waals surface area contributed by atoms with Gasteiger partial charge in [-0.2, -0.15) is 0 Å². The fraction of sp³-hybridized carbons (Fsp3) is 0.909. The van der Waals surface area contributed by atoms with Crippen LogP contribution in [0.3, 0.4) is 0 Å². The number of carbonyl (C=O) groups excluding carboxylic acids is 1. The van der Waals surface area contributed by atoms with Crippen LogP contribution in [0.4, 0.5) is 0 Å². The topological polar surface area (TPSA) is 17.1 Å². The predicted molar refractivity (Wildman–Crippen MR) is 46.7 cm³/mol. The van der Waals surface area contributed by atoms with Gasteiger partial charge in [0, 0.05) is 12.3 Å². The fourth-order valence-corrected chi connectivity index (χ4v) is 4.06. The molecule has 0 aromatic heterocycles. The van der Waals surface area contributed by atoms with E-state index in [9.17, 15) is 4.79 Å². The van der Waals surface area contributed by atoms with Crippen LogP contribution in [0.25, 0.3) is 0 Å². The van der Waals surface area contributed by atoms with Gasteiger partial charge in [0.2, 0.25) is 0 Å². The van der Waals surface area contributed by atoms with Gasteiger partial charge in [0.05, 0.1) is 0 Å². The zero-order valence-electron chi connectivity index (χ0n) is 7.51. The largest absolute Gasteiger partial charge is 0.299 e. The average molecular weight is 164 g/mol. The van der Waals surface area contributed by atoms with E-state index in [-0.39, 0.29) is 0 Å². The minimum absolute atomic E-state index is 0.513. The van der Waals surface area contributed by atoms with Gasteiger partial charge in [0.25, 0.3) is 0 Å². The minimum Gasteiger partial charge on any atom is -0.299 e. The smallest absolute Gasteiger partial charge is 0.136 e. The first-order chi connectivity index (χ1) is 5.83. The summed E-state index contributed by atoms with van der Waals surface area (Å²) in [6, 6.07) is 0. The highest BCUT2D eigenvalue weighted by atomic mass is 16.1. The molecule has 0 aromatic carbocycles. The lowest BCUT2D eigenvalue weighted by Gasteiger charge is -2.54. The molecular weight excluding hydrogens is 148 g/mol. The van der Waals surface area contributed by atoms with Crippen LogP contribution in [0.1, 0.15) is 44.9 Å². The van der Waals surface area contributed by atoms with E-state index in [0.717, 1.165) is 12.3 Å². The molecule has 3 fully saturated rings. The Morgan fingerprint density at radius 1 is 1.25 bits per heavy atom. The molecule has 0 unspecified atom stereocenters. The summed E-state index contributed by atoms with van der Waals surface area (Å²) in [5.41, 5.74) is 0.551. The molecule has 3 atom stereocenters. The molecule has 0 radical (unpaired) electrons. The van der Waals surface area contributed by atoms with E-state index in [4.69, 9.17) is 0 Å². The number of rotatable bonds is 0. The van der Waals surface area contributed by atoms with Crippen molar-refractivity contribution in [2.45, 2.75) is 44.9 Å². The first kappa shape index (κ1) is 7.11. The van der Waals surface area contributed by atoms with Crippen LogP contribution in [-0.2, 0) is 4.79 Å². The van der Waals surface area contributed by atoms with Crippen molar-refractivity contribution in [1.82, 2.24) is 0 Å². The number of Topliss-reactive ketones (excluding diaryl/α,β-unsaturated/α-hetero) is 1. The van der Waals surface area contributed by atoms with E-state index >= 15 is 0 Å². The average Bonchev–Trinajstić information content (AvgIpc) is 2.33. The molecule has 3 aliphatic rings. The quantitative estimate of drug-likeness (QED) is 0.537. The summed E-state index contributed by atoms with van der Waals surface area (Å²) in [5, 5.41) is 0. The molecule has 0 amide bonds. The van der Waals surface area contributed by atoms with Crippen LogP contribution in [0, 0.1) is 17.3 Å². The van der Waals surface area contributed by atoms with Gasteiger partial charge in [0.15, 0.2) is 0 Å². The van der Waals surface area contributed by atoms with E-state index in [1.54, 1.807) is 0 Å². The van der Waals surface area contributed by atoms with Crippen LogP contribution in [0.15, 0.2) is 0 Å². The minimum atomic E-state index is 0.513. The summed E-state index contributed by atoms with van der Waals surface area (Å²) in [6.07, 6.45) is 8.88. The Kier molecular flexibility index (Phi) is 1.26. The Morgan fingerprint density at radius 3 is 2.92 bits per heavy atom. The lowest BCUT2D eigenvalue weighted by atomic mass is 9.49. The van der Waals surface area contributed by atoms with Crippen molar-refractivity contribution in [1.29, 1.82) is 0 Å². The molecule has 0 aliphatic heterocycles. The maximum atomic E-state index is 11.6. The predicted octanol–water partition coefficient (Wildman–Crippen LogP) is 2.55. The fourth-order valence-electron chi connectivity index (χ4n) is 4.06. The number of hydrogen-bond donors (Lipinski definition) is 0. The lowest BCUT2D eigenvalue weighted by Crippen LogP contribution is -2.51. The second kappa shape index (κ2) is 2.12. The molecule has 0 heterocycles. The zero-order valence-corrected chi connectivity index (χ0v) is 7.51. The Hall–Kier alpha value is -0.330. The molecular formula is C11H16O. The highest BCUT2D eigenvalue weighted by Gasteiger charge is 2.60. The van der Waals surface area contributed by atoms with Crippen LogP contribution in [0.5, 0.6) is 0 Å². The number of ketones is 1. The van der Waals surface area contributed by atoms with Crippen molar-refractivity contribution in [3.63, 3.8) is 0 Å². The van der Waals surface area contributed by atoms with Gasteiger partial charge in [-0.15, -0.1) is 0 Å². The number of hydrogen-bond acceptors (Lipinski definition) is 1. The second-order valence-corrected chi connectivity index (χ2v) is 4.93. The van der Waals surface area contributed by atoms with Crippen molar-refractivity contribution in [2.24, 2.45) is 17.3 Å². The normalized spacial score (nSPS) is 51.2. The summed E-state index contributed by atoms with van der Waals surface area (Å²) in [6.45, 7) is 0. The van der Waals surface area contributed by atoms with E-state index in [0.29, 0.717) is 17.1 Å². The lowest BCUT2D eigenvalue weighted by molar-refractivity contribution is -0.146. The van der Waals surface area contributed by atoms with Crippen LogP contribution >= 0.6 is 0 Å². The third kappa shape index (κ3) is 0.641. The molecule has 12 heavy (non-hydrogen) atoms. The Morgan fingerprint density at radius 2 is 2.08 bits per heavy atom. The van der Waals surface area contributed by atoms with Crippen molar-refractivity contribution in [2.75, 3.05) is 0 Å². The van der Waals surface area contributed by atoms with E-state index < -0.39 is 0 Å². The van der Waals surface area contributed by atoms with Crippen molar-refractivity contribution in [3.8, 4) is 0 Å². The Bertz CT molecular complexity index is 233. The Labute approximate surface area is 73.5 Å². The van der Waals surface area contributed by atoms with Crippen LogP contribution in [-0.4, -0.2) is 5.78 Å². The summed E-state index contributed by atoms with van der Waals surface area (Å²) in [4.78, 5) is 11.6.